The monoisotopic (exact) mass is 464 g/mol. The Morgan fingerprint density at radius 1 is 0.971 bits per heavy atom. The summed E-state index contributed by atoms with van der Waals surface area (Å²) in [7, 11) is 0. The number of hydrogen-bond acceptors (Lipinski definition) is 3. The lowest BCUT2D eigenvalue weighted by molar-refractivity contribution is -0.142. The van der Waals surface area contributed by atoms with Gasteiger partial charge in [0, 0.05) is 19.0 Å². The van der Waals surface area contributed by atoms with Crippen LogP contribution in [-0.4, -0.2) is 35.4 Å². The van der Waals surface area contributed by atoms with Gasteiger partial charge in [0.1, 0.15) is 11.8 Å². The van der Waals surface area contributed by atoms with Crippen LogP contribution in [0.4, 0.5) is 0 Å². The Hall–Kier alpha value is -2.82. The van der Waals surface area contributed by atoms with E-state index in [4.69, 9.17) is 4.74 Å². The Bertz CT molecular complexity index is 902. The molecular weight excluding hydrogens is 424 g/mol. The number of benzene rings is 2. The molecule has 34 heavy (non-hydrogen) atoms. The van der Waals surface area contributed by atoms with Gasteiger partial charge in [-0.3, -0.25) is 9.59 Å². The van der Waals surface area contributed by atoms with Crippen LogP contribution in [0.2, 0.25) is 0 Å². The van der Waals surface area contributed by atoms with Crippen LogP contribution in [0.25, 0.3) is 0 Å². The van der Waals surface area contributed by atoms with Gasteiger partial charge in [0.05, 0.1) is 6.61 Å². The van der Waals surface area contributed by atoms with Crippen molar-refractivity contribution in [2.45, 2.75) is 90.8 Å². The molecular formula is C29H40N2O3. The van der Waals surface area contributed by atoms with Crippen LogP contribution < -0.4 is 10.1 Å². The van der Waals surface area contributed by atoms with Gasteiger partial charge in [-0.05, 0) is 57.2 Å². The van der Waals surface area contributed by atoms with E-state index in [2.05, 4.69) is 17.4 Å². The van der Waals surface area contributed by atoms with Gasteiger partial charge in [-0.15, -0.1) is 0 Å². The van der Waals surface area contributed by atoms with E-state index in [0.29, 0.717) is 32.4 Å². The molecule has 1 atom stereocenters. The van der Waals surface area contributed by atoms with E-state index in [9.17, 15) is 9.59 Å². The molecule has 0 heterocycles. The van der Waals surface area contributed by atoms with Crippen molar-refractivity contribution in [3.8, 4) is 5.75 Å². The molecule has 184 valence electrons. The Morgan fingerprint density at radius 3 is 2.21 bits per heavy atom. The van der Waals surface area contributed by atoms with E-state index in [0.717, 1.165) is 37.0 Å². The molecule has 2 aromatic carbocycles. The third kappa shape index (κ3) is 7.89. The molecule has 0 unspecified atom stereocenters. The second kappa shape index (κ2) is 13.2. The van der Waals surface area contributed by atoms with Crippen LogP contribution in [-0.2, 0) is 16.1 Å². The number of nitrogens with one attached hydrogen (secondary N) is 1. The molecule has 5 nitrogen and oxygen atoms in total. The largest absolute Gasteiger partial charge is 0.494 e. The van der Waals surface area contributed by atoms with Gasteiger partial charge in [0.25, 0.3) is 0 Å². The lowest BCUT2D eigenvalue weighted by Gasteiger charge is -2.33. The quantitative estimate of drug-likeness (QED) is 0.433. The van der Waals surface area contributed by atoms with Gasteiger partial charge in [-0.1, -0.05) is 73.7 Å². The number of amides is 2. The van der Waals surface area contributed by atoms with Crippen molar-refractivity contribution in [2.75, 3.05) is 6.61 Å². The highest BCUT2D eigenvalue weighted by Gasteiger charge is 2.30. The molecule has 0 aliphatic heterocycles. The van der Waals surface area contributed by atoms with E-state index in [1.807, 2.05) is 57.2 Å². The molecule has 0 aromatic heterocycles. The normalized spacial score (nSPS) is 14.9. The summed E-state index contributed by atoms with van der Waals surface area (Å²) in [6.07, 6.45) is 7.18. The molecule has 0 saturated heterocycles. The van der Waals surface area contributed by atoms with E-state index in [-0.39, 0.29) is 17.9 Å². The highest BCUT2D eigenvalue weighted by atomic mass is 16.5. The Morgan fingerprint density at radius 2 is 1.59 bits per heavy atom. The summed E-state index contributed by atoms with van der Waals surface area (Å²) in [5.74, 6) is 0.789. The van der Waals surface area contributed by atoms with Crippen LogP contribution in [0.5, 0.6) is 5.75 Å². The Labute approximate surface area is 204 Å². The molecule has 0 bridgehead atoms. The van der Waals surface area contributed by atoms with Gasteiger partial charge in [0.15, 0.2) is 0 Å². The third-order valence-electron chi connectivity index (χ3n) is 6.64. The summed E-state index contributed by atoms with van der Waals surface area (Å²) in [4.78, 5) is 28.4. The maximum Gasteiger partial charge on any atom is 0.243 e. The second-order valence-electron chi connectivity index (χ2n) is 9.54. The minimum absolute atomic E-state index is 0.00118. The summed E-state index contributed by atoms with van der Waals surface area (Å²) in [5.41, 5.74) is 3.40. The zero-order valence-corrected chi connectivity index (χ0v) is 21.0. The summed E-state index contributed by atoms with van der Waals surface area (Å²) < 4.78 is 5.81. The number of carbonyl (C=O) groups excluding carboxylic acids is 2. The topological polar surface area (TPSA) is 58.6 Å². The standard InChI is InChI=1S/C29H40N2O3/c1-4-27(29(33)30-25-9-6-5-7-10-25)31(21-24-16-12-22(2)13-17-24)28(32)11-8-20-34-26-18-14-23(3)15-19-26/h12-19,25,27H,4-11,20-21H2,1-3H3,(H,30,33)/t27-/m1/s1. The van der Waals surface area contributed by atoms with Crippen LogP contribution in [0, 0.1) is 13.8 Å². The number of nitrogens with zero attached hydrogens (tertiary/aromatic N) is 1. The van der Waals surface area contributed by atoms with Crippen molar-refractivity contribution in [1.82, 2.24) is 10.2 Å². The van der Waals surface area contributed by atoms with Crippen LogP contribution in [0.1, 0.15) is 75.0 Å². The molecule has 1 aliphatic carbocycles. The maximum atomic E-state index is 13.4. The SMILES string of the molecule is CC[C@H](C(=O)NC1CCCCC1)N(Cc1ccc(C)cc1)C(=O)CCCOc1ccc(C)cc1. The average Bonchev–Trinajstić information content (AvgIpc) is 2.84. The number of aryl methyl sites for hydroxylation is 2. The minimum atomic E-state index is -0.464. The molecule has 2 amide bonds. The second-order valence-corrected chi connectivity index (χ2v) is 9.54. The first kappa shape index (κ1) is 25.8. The van der Waals surface area contributed by atoms with Gasteiger partial charge < -0.3 is 15.0 Å². The minimum Gasteiger partial charge on any atom is -0.494 e. The molecule has 1 fully saturated rings. The number of carbonyl (C=O) groups is 2. The lowest BCUT2D eigenvalue weighted by atomic mass is 9.95. The van der Waals surface area contributed by atoms with Gasteiger partial charge >= 0.3 is 0 Å². The fourth-order valence-electron chi connectivity index (χ4n) is 4.55. The summed E-state index contributed by atoms with van der Waals surface area (Å²) in [6, 6.07) is 15.9. The fraction of sp³-hybridized carbons (Fsp3) is 0.517. The predicted molar refractivity (Wildman–Crippen MR) is 137 cm³/mol. The van der Waals surface area contributed by atoms with E-state index >= 15 is 0 Å². The first-order valence-electron chi connectivity index (χ1n) is 12.8. The maximum absolute atomic E-state index is 13.4. The predicted octanol–water partition coefficient (Wildman–Crippen LogP) is 5.72. The van der Waals surface area contributed by atoms with Gasteiger partial charge in [0.2, 0.25) is 11.8 Å². The summed E-state index contributed by atoms with van der Waals surface area (Å²) >= 11 is 0. The third-order valence-corrected chi connectivity index (χ3v) is 6.64. The van der Waals surface area contributed by atoms with Crippen LogP contribution in [0.3, 0.4) is 0 Å². The highest BCUT2D eigenvalue weighted by Crippen LogP contribution is 2.20. The smallest absolute Gasteiger partial charge is 0.243 e. The zero-order valence-electron chi connectivity index (χ0n) is 21.0. The number of ether oxygens (including phenoxy) is 1. The molecule has 0 spiro atoms. The van der Waals surface area contributed by atoms with E-state index in [1.165, 1.54) is 17.5 Å². The molecule has 2 aromatic rings. The van der Waals surface area contributed by atoms with Gasteiger partial charge in [-0.25, -0.2) is 0 Å². The van der Waals surface area contributed by atoms with Gasteiger partial charge in [-0.2, -0.15) is 0 Å². The number of rotatable bonds is 11. The van der Waals surface area contributed by atoms with Crippen molar-refractivity contribution < 1.29 is 14.3 Å². The number of hydrogen-bond donors (Lipinski definition) is 1. The van der Waals surface area contributed by atoms with Crippen LogP contribution in [0.15, 0.2) is 48.5 Å². The van der Waals surface area contributed by atoms with E-state index in [1.54, 1.807) is 4.90 Å². The fourth-order valence-corrected chi connectivity index (χ4v) is 4.55. The molecule has 5 heteroatoms. The van der Waals surface area contributed by atoms with Crippen molar-refractivity contribution in [3.05, 3.63) is 65.2 Å². The van der Waals surface area contributed by atoms with Crippen molar-refractivity contribution >= 4 is 11.8 Å². The Balaban J connectivity index is 1.63. The first-order chi connectivity index (χ1) is 16.5. The molecule has 1 N–H and O–H groups in total. The van der Waals surface area contributed by atoms with E-state index < -0.39 is 6.04 Å². The lowest BCUT2D eigenvalue weighted by Crippen LogP contribution is -2.51. The molecule has 1 saturated carbocycles. The molecule has 1 aliphatic rings. The summed E-state index contributed by atoms with van der Waals surface area (Å²) in [5, 5.41) is 3.24. The Kier molecular flexibility index (Phi) is 9.99. The highest BCUT2D eigenvalue weighted by molar-refractivity contribution is 5.87. The van der Waals surface area contributed by atoms with Crippen molar-refractivity contribution in [2.24, 2.45) is 0 Å². The summed E-state index contributed by atoms with van der Waals surface area (Å²) in [6.45, 7) is 6.99. The zero-order chi connectivity index (χ0) is 24.3. The molecule has 0 radical (unpaired) electrons. The average molecular weight is 465 g/mol. The van der Waals surface area contributed by atoms with Crippen molar-refractivity contribution in [1.29, 1.82) is 0 Å². The first-order valence-corrected chi connectivity index (χ1v) is 12.8. The van der Waals surface area contributed by atoms with Crippen molar-refractivity contribution in [3.63, 3.8) is 0 Å². The molecule has 3 rings (SSSR count). The van der Waals surface area contributed by atoms with Crippen LogP contribution >= 0.6 is 0 Å².